The van der Waals surface area contributed by atoms with Gasteiger partial charge in [-0.25, -0.2) is 4.39 Å². The van der Waals surface area contributed by atoms with E-state index in [-0.39, 0.29) is 11.9 Å². The summed E-state index contributed by atoms with van der Waals surface area (Å²) in [6, 6.07) is 7.38. The molecule has 2 aromatic rings. The number of hydrogen-bond donors (Lipinski definition) is 0. The number of likely N-dealkylation sites (tertiary alicyclic amines) is 1. The fourth-order valence-corrected chi connectivity index (χ4v) is 3.54. The van der Waals surface area contributed by atoms with E-state index in [1.807, 2.05) is 12.1 Å². The van der Waals surface area contributed by atoms with Gasteiger partial charge in [-0.1, -0.05) is 18.2 Å². The highest BCUT2D eigenvalue weighted by Crippen LogP contribution is 2.31. The van der Waals surface area contributed by atoms with E-state index in [2.05, 4.69) is 21.2 Å². The Kier molecular flexibility index (Phi) is 4.63. The quantitative estimate of drug-likeness (QED) is 0.833. The third-order valence-electron chi connectivity index (χ3n) is 5.00. The largest absolute Gasteiger partial charge is 0.423 e. The standard InChI is InChI=1S/C19H22FN3O2/c1-13-21-22-19(25-13)12-24-18-10-23(11-18)17-8-4-15(5-9-17)14-2-6-16(20)7-3-14/h2-4,6-7,17-18H,5,8-12H2,1H3. The Labute approximate surface area is 146 Å². The molecule has 25 heavy (non-hydrogen) atoms. The van der Waals surface area contributed by atoms with Gasteiger partial charge in [-0.3, -0.25) is 4.90 Å². The van der Waals surface area contributed by atoms with Gasteiger partial charge in [0.15, 0.2) is 0 Å². The van der Waals surface area contributed by atoms with Gasteiger partial charge < -0.3 is 9.15 Å². The van der Waals surface area contributed by atoms with E-state index in [1.54, 1.807) is 6.92 Å². The summed E-state index contributed by atoms with van der Waals surface area (Å²) in [5, 5.41) is 7.74. The zero-order valence-corrected chi connectivity index (χ0v) is 14.3. The summed E-state index contributed by atoms with van der Waals surface area (Å²) in [5.74, 6) is 0.931. The molecule has 1 aromatic heterocycles. The van der Waals surface area contributed by atoms with Crippen molar-refractivity contribution in [1.29, 1.82) is 0 Å². The molecule has 6 heteroatoms. The van der Waals surface area contributed by atoms with E-state index in [0.717, 1.165) is 37.9 Å². The maximum absolute atomic E-state index is 13.0. The van der Waals surface area contributed by atoms with Crippen LogP contribution in [0.1, 0.15) is 36.6 Å². The van der Waals surface area contributed by atoms with Crippen LogP contribution in [0.4, 0.5) is 4.39 Å². The molecule has 1 unspecified atom stereocenters. The van der Waals surface area contributed by atoms with E-state index in [4.69, 9.17) is 9.15 Å². The minimum atomic E-state index is -0.180. The van der Waals surface area contributed by atoms with Crippen molar-refractivity contribution in [3.05, 3.63) is 53.5 Å². The van der Waals surface area contributed by atoms with Gasteiger partial charge in [-0.15, -0.1) is 10.2 Å². The molecule has 4 rings (SSSR count). The molecule has 2 heterocycles. The number of allylic oxidation sites excluding steroid dienone is 1. The number of aromatic nitrogens is 2. The molecule has 1 atom stereocenters. The Morgan fingerprint density at radius 2 is 2.04 bits per heavy atom. The first-order valence-electron chi connectivity index (χ1n) is 8.77. The molecule has 2 aliphatic rings. The highest BCUT2D eigenvalue weighted by Gasteiger charge is 2.33. The van der Waals surface area contributed by atoms with Gasteiger partial charge in [0.05, 0.1) is 6.10 Å². The highest BCUT2D eigenvalue weighted by molar-refractivity contribution is 5.66. The summed E-state index contributed by atoms with van der Waals surface area (Å²) in [5.41, 5.74) is 2.47. The third-order valence-corrected chi connectivity index (χ3v) is 5.00. The highest BCUT2D eigenvalue weighted by atomic mass is 19.1. The predicted molar refractivity (Wildman–Crippen MR) is 91.2 cm³/mol. The molecular weight excluding hydrogens is 321 g/mol. The summed E-state index contributed by atoms with van der Waals surface area (Å²) < 4.78 is 24.2. The molecule has 1 saturated heterocycles. The fourth-order valence-electron chi connectivity index (χ4n) is 3.54. The van der Waals surface area contributed by atoms with Crippen LogP contribution < -0.4 is 0 Å². The molecule has 0 saturated carbocycles. The van der Waals surface area contributed by atoms with E-state index in [9.17, 15) is 4.39 Å². The van der Waals surface area contributed by atoms with E-state index >= 15 is 0 Å². The van der Waals surface area contributed by atoms with Crippen molar-refractivity contribution in [2.45, 2.75) is 44.9 Å². The predicted octanol–water partition coefficient (Wildman–Crippen LogP) is 3.35. The first-order chi connectivity index (χ1) is 12.2. The Balaban J connectivity index is 1.23. The topological polar surface area (TPSA) is 51.4 Å². The lowest BCUT2D eigenvalue weighted by Crippen LogP contribution is -2.56. The summed E-state index contributed by atoms with van der Waals surface area (Å²) in [6.45, 7) is 4.08. The second-order valence-electron chi connectivity index (χ2n) is 6.77. The van der Waals surface area contributed by atoms with Gasteiger partial charge in [0, 0.05) is 26.1 Å². The average Bonchev–Trinajstić information content (AvgIpc) is 3.00. The molecule has 0 N–H and O–H groups in total. The van der Waals surface area contributed by atoms with Gasteiger partial charge in [0.2, 0.25) is 11.8 Å². The molecule has 1 fully saturated rings. The first kappa shape index (κ1) is 16.4. The summed E-state index contributed by atoms with van der Waals surface area (Å²) in [6.07, 6.45) is 5.77. The Morgan fingerprint density at radius 3 is 2.68 bits per heavy atom. The average molecular weight is 343 g/mol. The molecule has 5 nitrogen and oxygen atoms in total. The molecular formula is C19H22FN3O2. The van der Waals surface area contributed by atoms with Gasteiger partial charge in [-0.05, 0) is 42.5 Å². The molecule has 0 amide bonds. The van der Waals surface area contributed by atoms with Crippen molar-refractivity contribution in [3.8, 4) is 0 Å². The van der Waals surface area contributed by atoms with Crippen LogP contribution in [-0.2, 0) is 11.3 Å². The number of ether oxygens (including phenoxy) is 1. The minimum Gasteiger partial charge on any atom is -0.423 e. The number of benzene rings is 1. The Hall–Kier alpha value is -2.05. The van der Waals surface area contributed by atoms with Crippen LogP contribution in [0.3, 0.4) is 0 Å². The lowest BCUT2D eigenvalue weighted by atomic mass is 9.88. The molecule has 0 radical (unpaired) electrons. The van der Waals surface area contributed by atoms with Crippen molar-refractivity contribution in [2.24, 2.45) is 0 Å². The molecule has 1 aliphatic carbocycles. The molecule has 132 valence electrons. The summed E-state index contributed by atoms with van der Waals surface area (Å²) in [4.78, 5) is 2.47. The van der Waals surface area contributed by atoms with Gasteiger partial charge in [-0.2, -0.15) is 0 Å². The molecule has 1 aromatic carbocycles. The van der Waals surface area contributed by atoms with Crippen molar-refractivity contribution in [1.82, 2.24) is 15.1 Å². The number of rotatable bonds is 5. The SMILES string of the molecule is Cc1nnc(COC2CN(C3CC=C(c4ccc(F)cc4)CC3)C2)o1. The van der Waals surface area contributed by atoms with Gasteiger partial charge in [0.1, 0.15) is 12.4 Å². The zero-order chi connectivity index (χ0) is 17.2. The summed E-state index contributed by atoms with van der Waals surface area (Å²) in [7, 11) is 0. The van der Waals surface area contributed by atoms with Crippen molar-refractivity contribution >= 4 is 5.57 Å². The minimum absolute atomic E-state index is 0.180. The van der Waals surface area contributed by atoms with Crippen LogP contribution in [0.5, 0.6) is 0 Å². The van der Waals surface area contributed by atoms with Gasteiger partial charge in [0.25, 0.3) is 0 Å². The molecule has 0 bridgehead atoms. The zero-order valence-electron chi connectivity index (χ0n) is 14.3. The van der Waals surface area contributed by atoms with Crippen molar-refractivity contribution in [3.63, 3.8) is 0 Å². The van der Waals surface area contributed by atoms with E-state index in [1.165, 1.54) is 17.7 Å². The van der Waals surface area contributed by atoms with Crippen LogP contribution in [0.2, 0.25) is 0 Å². The lowest BCUT2D eigenvalue weighted by molar-refractivity contribution is -0.0848. The number of halogens is 1. The molecule has 1 aliphatic heterocycles. The van der Waals surface area contributed by atoms with Crippen LogP contribution in [0, 0.1) is 12.7 Å². The van der Waals surface area contributed by atoms with E-state index < -0.39 is 0 Å². The monoisotopic (exact) mass is 343 g/mol. The smallest absolute Gasteiger partial charge is 0.242 e. The van der Waals surface area contributed by atoms with Gasteiger partial charge >= 0.3 is 0 Å². The van der Waals surface area contributed by atoms with Crippen LogP contribution in [-0.4, -0.2) is 40.3 Å². The molecule has 0 spiro atoms. The number of hydrogen-bond acceptors (Lipinski definition) is 5. The maximum Gasteiger partial charge on any atom is 0.242 e. The summed E-state index contributed by atoms with van der Waals surface area (Å²) >= 11 is 0. The third kappa shape index (κ3) is 3.80. The van der Waals surface area contributed by atoms with Crippen LogP contribution in [0.15, 0.2) is 34.8 Å². The van der Waals surface area contributed by atoms with Crippen molar-refractivity contribution < 1.29 is 13.5 Å². The number of nitrogens with zero attached hydrogens (tertiary/aromatic N) is 3. The second kappa shape index (κ2) is 7.06. The number of aryl methyl sites for hydroxylation is 1. The first-order valence-corrected chi connectivity index (χ1v) is 8.77. The lowest BCUT2D eigenvalue weighted by Gasteiger charge is -2.44. The maximum atomic E-state index is 13.0. The van der Waals surface area contributed by atoms with Crippen LogP contribution in [0.25, 0.3) is 5.57 Å². The Bertz CT molecular complexity index is 750. The van der Waals surface area contributed by atoms with E-state index in [0.29, 0.717) is 24.4 Å². The van der Waals surface area contributed by atoms with Crippen molar-refractivity contribution in [2.75, 3.05) is 13.1 Å². The normalized spacial score (nSPS) is 21.8. The fraction of sp³-hybridized carbons (Fsp3) is 0.474. The second-order valence-corrected chi connectivity index (χ2v) is 6.77. The van der Waals surface area contributed by atoms with Crippen LogP contribution >= 0.6 is 0 Å². The Morgan fingerprint density at radius 1 is 1.24 bits per heavy atom.